The summed E-state index contributed by atoms with van der Waals surface area (Å²) < 4.78 is 47.6. The molecule has 0 spiro atoms. The Balaban J connectivity index is 2.50. The Hall–Kier alpha value is -1.42. The number of unbranched alkanes of at least 4 members (excludes halogenated alkanes) is 27. The quantitative estimate of drug-likeness (QED) is 0.0195. The average Bonchev–Trinajstić information content (AvgIpc) is 3.22. The SMILES string of the molecule is CCCCCC/C=C\CCCCCCCCCC(=O)NC(COC1OC(CO)C(O)C(OS(=O)(=O)O)C1O)C(O)/C=C/CCCCCCCCCCCCCCCCCC. The van der Waals surface area contributed by atoms with Crippen LogP contribution in [0.1, 0.15) is 213 Å². The number of rotatable bonds is 41. The molecule has 0 aromatic rings. The Morgan fingerprint density at radius 2 is 1.07 bits per heavy atom. The van der Waals surface area contributed by atoms with Crippen molar-refractivity contribution in [2.24, 2.45) is 0 Å². The number of hydrogen-bond acceptors (Lipinski definition) is 10. The number of allylic oxidation sites excluding steroid dienone is 3. The van der Waals surface area contributed by atoms with E-state index in [1.165, 1.54) is 141 Å². The van der Waals surface area contributed by atoms with Gasteiger partial charge in [-0.15, -0.1) is 0 Å². The van der Waals surface area contributed by atoms with Crippen LogP contribution < -0.4 is 5.32 Å². The summed E-state index contributed by atoms with van der Waals surface area (Å²) in [6, 6.07) is -0.943. The van der Waals surface area contributed by atoms with Gasteiger partial charge in [-0.3, -0.25) is 9.35 Å². The molecule has 0 bridgehead atoms. The molecule has 12 nitrogen and oxygen atoms in total. The van der Waals surface area contributed by atoms with Crippen molar-refractivity contribution in [1.29, 1.82) is 0 Å². The van der Waals surface area contributed by atoms with Gasteiger partial charge in [-0.05, 0) is 44.9 Å². The zero-order chi connectivity index (χ0) is 44.1. The number of carbonyl (C=O) groups excluding carboxylic acids is 1. The van der Waals surface area contributed by atoms with Crippen LogP contribution in [0.5, 0.6) is 0 Å². The summed E-state index contributed by atoms with van der Waals surface area (Å²) in [6.07, 6.45) is 34.9. The second-order valence-electron chi connectivity index (χ2n) is 17.0. The fourth-order valence-electron chi connectivity index (χ4n) is 7.68. The monoisotopic (exact) mass is 876 g/mol. The van der Waals surface area contributed by atoms with Gasteiger partial charge in [0, 0.05) is 6.42 Å². The lowest BCUT2D eigenvalue weighted by Crippen LogP contribution is -2.61. The smallest absolute Gasteiger partial charge is 0.394 e. The zero-order valence-corrected chi connectivity index (χ0v) is 38.6. The summed E-state index contributed by atoms with van der Waals surface area (Å²) in [5.41, 5.74) is 0. The van der Waals surface area contributed by atoms with E-state index < -0.39 is 59.9 Å². The highest BCUT2D eigenvalue weighted by Crippen LogP contribution is 2.26. The molecule has 0 radical (unpaired) electrons. The van der Waals surface area contributed by atoms with Crippen LogP contribution in [-0.4, -0.2) is 95.4 Å². The number of aliphatic hydroxyl groups is 4. The summed E-state index contributed by atoms with van der Waals surface area (Å²) in [5.74, 6) is -0.267. The largest absolute Gasteiger partial charge is 0.397 e. The standard InChI is InChI=1S/C47H89NO11S/c1-3-5-7-9-11-13-15-17-19-20-21-23-24-26-28-30-32-34-36-41(50)40(39-57-47-45(53)46(59-60(54,55)56)44(52)42(38-49)58-47)48-43(51)37-35-33-31-29-27-25-22-18-16-14-12-10-8-6-4-2/h14,16,34,36,40-42,44-47,49-50,52-53H,3-13,15,17-33,35,37-39H2,1-2H3,(H,48,51)(H,54,55,56)/b16-14-,36-34+. The van der Waals surface area contributed by atoms with Gasteiger partial charge in [0.05, 0.1) is 25.4 Å². The molecule has 1 amide bonds. The van der Waals surface area contributed by atoms with Crippen molar-refractivity contribution in [2.45, 2.75) is 256 Å². The van der Waals surface area contributed by atoms with Crippen molar-refractivity contribution in [1.82, 2.24) is 5.32 Å². The van der Waals surface area contributed by atoms with E-state index in [4.69, 9.17) is 9.47 Å². The third-order valence-corrected chi connectivity index (χ3v) is 11.9. The third kappa shape index (κ3) is 30.6. The van der Waals surface area contributed by atoms with Crippen molar-refractivity contribution in [3.8, 4) is 0 Å². The van der Waals surface area contributed by atoms with Crippen LogP contribution in [0.15, 0.2) is 24.3 Å². The maximum atomic E-state index is 13.0. The highest BCUT2D eigenvalue weighted by molar-refractivity contribution is 7.80. The molecule has 1 aliphatic heterocycles. The Labute approximate surface area is 365 Å². The average molecular weight is 876 g/mol. The molecule has 0 saturated carbocycles. The van der Waals surface area contributed by atoms with Crippen LogP contribution in [0.3, 0.4) is 0 Å². The topological polar surface area (TPSA) is 192 Å². The Kier molecular flexibility index (Phi) is 35.9. The van der Waals surface area contributed by atoms with Gasteiger partial charge in [-0.2, -0.15) is 8.42 Å². The normalized spacial score (nSPS) is 20.9. The number of amides is 1. The van der Waals surface area contributed by atoms with Gasteiger partial charge in [-0.1, -0.05) is 186 Å². The summed E-state index contributed by atoms with van der Waals surface area (Å²) in [5, 5.41) is 44.7. The minimum absolute atomic E-state index is 0.265. The van der Waals surface area contributed by atoms with Crippen molar-refractivity contribution in [2.75, 3.05) is 13.2 Å². The van der Waals surface area contributed by atoms with E-state index >= 15 is 0 Å². The maximum Gasteiger partial charge on any atom is 0.397 e. The van der Waals surface area contributed by atoms with Crippen molar-refractivity contribution in [3.63, 3.8) is 0 Å². The van der Waals surface area contributed by atoms with Gasteiger partial charge in [0.15, 0.2) is 6.29 Å². The molecule has 1 fully saturated rings. The van der Waals surface area contributed by atoms with Gasteiger partial charge in [-0.25, -0.2) is 4.18 Å². The molecule has 1 heterocycles. The number of nitrogens with one attached hydrogen (secondary N) is 1. The first-order chi connectivity index (χ1) is 29.0. The van der Waals surface area contributed by atoms with E-state index in [2.05, 4.69) is 35.5 Å². The molecule has 13 heteroatoms. The first kappa shape index (κ1) is 56.6. The number of ether oxygens (including phenoxy) is 2. The first-order valence-corrected chi connectivity index (χ1v) is 25.6. The molecule has 0 aromatic heterocycles. The fourth-order valence-corrected chi connectivity index (χ4v) is 8.19. The zero-order valence-electron chi connectivity index (χ0n) is 37.8. The number of hydrogen-bond donors (Lipinski definition) is 6. The summed E-state index contributed by atoms with van der Waals surface area (Å²) in [7, 11) is -5.08. The lowest BCUT2D eigenvalue weighted by Gasteiger charge is -2.41. The van der Waals surface area contributed by atoms with Crippen LogP contribution >= 0.6 is 0 Å². The molecule has 1 aliphatic rings. The molecule has 354 valence electrons. The van der Waals surface area contributed by atoms with Crippen LogP contribution in [-0.2, 0) is 28.9 Å². The lowest BCUT2D eigenvalue weighted by atomic mass is 9.99. The number of carbonyl (C=O) groups is 1. The Bertz CT molecular complexity index is 1170. The molecule has 1 rings (SSSR count). The molecule has 0 aromatic carbocycles. The van der Waals surface area contributed by atoms with E-state index in [0.29, 0.717) is 6.42 Å². The summed E-state index contributed by atoms with van der Waals surface area (Å²) >= 11 is 0. The van der Waals surface area contributed by atoms with Crippen molar-refractivity contribution < 1.29 is 51.8 Å². The molecule has 6 N–H and O–H groups in total. The van der Waals surface area contributed by atoms with Crippen molar-refractivity contribution >= 4 is 16.3 Å². The predicted molar refractivity (Wildman–Crippen MR) is 241 cm³/mol. The van der Waals surface area contributed by atoms with Gasteiger partial charge >= 0.3 is 10.4 Å². The van der Waals surface area contributed by atoms with Gasteiger partial charge in [0.25, 0.3) is 0 Å². The van der Waals surface area contributed by atoms with E-state index in [0.717, 1.165) is 44.9 Å². The van der Waals surface area contributed by atoms with E-state index in [1.807, 2.05) is 6.08 Å². The molecule has 60 heavy (non-hydrogen) atoms. The molecular weight excluding hydrogens is 787 g/mol. The van der Waals surface area contributed by atoms with E-state index in [-0.39, 0.29) is 18.9 Å². The fraction of sp³-hybridized carbons (Fsp3) is 0.894. The van der Waals surface area contributed by atoms with Gasteiger partial charge in [0.2, 0.25) is 5.91 Å². The first-order valence-electron chi connectivity index (χ1n) is 24.2. The highest BCUT2D eigenvalue weighted by atomic mass is 32.3. The van der Waals surface area contributed by atoms with Crippen LogP contribution in [0.2, 0.25) is 0 Å². The molecular formula is C47H89NO11S. The summed E-state index contributed by atoms with van der Waals surface area (Å²) in [4.78, 5) is 13.0. The van der Waals surface area contributed by atoms with Gasteiger partial charge in [0.1, 0.15) is 24.4 Å². The second-order valence-corrected chi connectivity index (χ2v) is 18.1. The molecule has 0 aliphatic carbocycles. The molecule has 1 saturated heterocycles. The second kappa shape index (κ2) is 38.1. The minimum Gasteiger partial charge on any atom is -0.394 e. The number of aliphatic hydroxyl groups excluding tert-OH is 4. The summed E-state index contributed by atoms with van der Waals surface area (Å²) in [6.45, 7) is 3.38. The maximum absolute atomic E-state index is 13.0. The lowest BCUT2D eigenvalue weighted by molar-refractivity contribution is -0.298. The third-order valence-electron chi connectivity index (χ3n) is 11.5. The van der Waals surface area contributed by atoms with E-state index in [1.54, 1.807) is 6.08 Å². The van der Waals surface area contributed by atoms with Crippen LogP contribution in [0.4, 0.5) is 0 Å². The predicted octanol–water partition coefficient (Wildman–Crippen LogP) is 9.72. The van der Waals surface area contributed by atoms with Gasteiger partial charge < -0.3 is 35.2 Å². The minimum atomic E-state index is -5.08. The van der Waals surface area contributed by atoms with Crippen LogP contribution in [0.25, 0.3) is 0 Å². The molecule has 7 atom stereocenters. The Morgan fingerprint density at radius 3 is 1.52 bits per heavy atom. The van der Waals surface area contributed by atoms with Crippen LogP contribution in [0, 0.1) is 0 Å². The Morgan fingerprint density at radius 1 is 0.650 bits per heavy atom. The molecule has 7 unspecified atom stereocenters. The van der Waals surface area contributed by atoms with Crippen molar-refractivity contribution in [3.05, 3.63) is 24.3 Å². The van der Waals surface area contributed by atoms with E-state index in [9.17, 15) is 38.2 Å². The highest BCUT2D eigenvalue weighted by Gasteiger charge is 2.48.